The number of para-hydroxylation sites is 1. The Bertz CT molecular complexity index is 716. The monoisotopic (exact) mass is 366 g/mol. The number of hydrogen-bond acceptors (Lipinski definition) is 3. The molecule has 0 aliphatic carbocycles. The topological polar surface area (TPSA) is 56.7 Å². The lowest BCUT2D eigenvalue weighted by Gasteiger charge is -2.10. The lowest BCUT2D eigenvalue weighted by molar-refractivity contribution is 1.07. The quantitative estimate of drug-likeness (QED) is 0.715. The Balaban J connectivity index is 2.42. The van der Waals surface area contributed by atoms with Gasteiger partial charge in [0, 0.05) is 15.1 Å². The van der Waals surface area contributed by atoms with Gasteiger partial charge in [-0.3, -0.25) is 4.57 Å². The van der Waals surface area contributed by atoms with Crippen molar-refractivity contribution in [3.8, 4) is 5.69 Å². The van der Waals surface area contributed by atoms with E-state index in [1.54, 1.807) is 6.20 Å². The number of benzene rings is 1. The van der Waals surface area contributed by atoms with Gasteiger partial charge in [0.25, 0.3) is 0 Å². The van der Waals surface area contributed by atoms with Gasteiger partial charge in [-0.15, -0.1) is 0 Å². The highest BCUT2D eigenvalue weighted by Gasteiger charge is 2.15. The number of imidazole rings is 1. The summed E-state index contributed by atoms with van der Waals surface area (Å²) >= 11 is 7.05. The SMILES string of the molecule is Nc1nc2cccnc2n1-c1c(Br)cccc1Br. The van der Waals surface area contributed by atoms with Gasteiger partial charge in [0.05, 0.1) is 5.69 Å². The summed E-state index contributed by atoms with van der Waals surface area (Å²) in [5, 5.41) is 0. The van der Waals surface area contributed by atoms with Gasteiger partial charge in [-0.1, -0.05) is 6.07 Å². The molecular formula is C12H8Br2N4. The van der Waals surface area contributed by atoms with Gasteiger partial charge in [-0.2, -0.15) is 0 Å². The lowest BCUT2D eigenvalue weighted by Crippen LogP contribution is -2.03. The second kappa shape index (κ2) is 4.37. The fourth-order valence-electron chi connectivity index (χ4n) is 1.85. The van der Waals surface area contributed by atoms with E-state index < -0.39 is 0 Å². The van der Waals surface area contributed by atoms with E-state index in [-0.39, 0.29) is 0 Å². The Morgan fingerprint density at radius 2 is 1.78 bits per heavy atom. The summed E-state index contributed by atoms with van der Waals surface area (Å²) in [6.45, 7) is 0. The molecule has 3 aromatic rings. The van der Waals surface area contributed by atoms with E-state index in [0.717, 1.165) is 25.8 Å². The first-order valence-corrected chi connectivity index (χ1v) is 6.80. The van der Waals surface area contributed by atoms with Crippen LogP contribution >= 0.6 is 31.9 Å². The molecular weight excluding hydrogens is 360 g/mol. The number of anilines is 1. The third kappa shape index (κ3) is 1.72. The number of rotatable bonds is 1. The van der Waals surface area contributed by atoms with Crippen LogP contribution in [-0.2, 0) is 0 Å². The predicted octanol–water partition coefficient (Wildman–Crippen LogP) is 3.53. The molecule has 18 heavy (non-hydrogen) atoms. The Labute approximate surface area is 120 Å². The van der Waals surface area contributed by atoms with Crippen LogP contribution in [0, 0.1) is 0 Å². The number of nitrogen functional groups attached to an aromatic ring is 1. The van der Waals surface area contributed by atoms with E-state index >= 15 is 0 Å². The van der Waals surface area contributed by atoms with Gasteiger partial charge in [-0.25, -0.2) is 9.97 Å². The number of hydrogen-bond donors (Lipinski definition) is 1. The molecule has 2 aromatic heterocycles. The maximum absolute atomic E-state index is 5.99. The third-order valence-electron chi connectivity index (χ3n) is 2.60. The van der Waals surface area contributed by atoms with E-state index in [9.17, 15) is 0 Å². The van der Waals surface area contributed by atoms with Crippen molar-refractivity contribution >= 4 is 49.0 Å². The fraction of sp³-hybridized carbons (Fsp3) is 0. The zero-order valence-corrected chi connectivity index (χ0v) is 12.3. The molecule has 0 spiro atoms. The van der Waals surface area contributed by atoms with Crippen LogP contribution in [0.2, 0.25) is 0 Å². The third-order valence-corrected chi connectivity index (χ3v) is 3.88. The van der Waals surface area contributed by atoms with Crippen molar-refractivity contribution in [2.45, 2.75) is 0 Å². The van der Waals surface area contributed by atoms with E-state index in [0.29, 0.717) is 5.95 Å². The normalized spacial score (nSPS) is 11.0. The van der Waals surface area contributed by atoms with Crippen molar-refractivity contribution in [2.24, 2.45) is 0 Å². The molecule has 2 heterocycles. The average molecular weight is 368 g/mol. The Morgan fingerprint density at radius 3 is 2.50 bits per heavy atom. The second-order valence-corrected chi connectivity index (χ2v) is 5.43. The summed E-state index contributed by atoms with van der Waals surface area (Å²) in [6.07, 6.45) is 1.73. The molecule has 90 valence electrons. The summed E-state index contributed by atoms with van der Waals surface area (Å²) in [5.41, 5.74) is 8.41. The number of aromatic nitrogens is 3. The highest BCUT2D eigenvalue weighted by molar-refractivity contribution is 9.11. The van der Waals surface area contributed by atoms with Gasteiger partial charge in [0.2, 0.25) is 5.95 Å². The van der Waals surface area contributed by atoms with Crippen LogP contribution in [-0.4, -0.2) is 14.5 Å². The molecule has 1 aromatic carbocycles. The van der Waals surface area contributed by atoms with Crippen LogP contribution in [0.4, 0.5) is 5.95 Å². The van der Waals surface area contributed by atoms with Crippen LogP contribution in [0.25, 0.3) is 16.9 Å². The second-order valence-electron chi connectivity index (χ2n) is 3.72. The molecule has 0 aliphatic rings. The molecule has 0 bridgehead atoms. The Morgan fingerprint density at radius 1 is 1.06 bits per heavy atom. The van der Waals surface area contributed by atoms with Gasteiger partial charge in [0.1, 0.15) is 5.52 Å². The predicted molar refractivity (Wildman–Crippen MR) is 78.7 cm³/mol. The summed E-state index contributed by atoms with van der Waals surface area (Å²) in [5.74, 6) is 0.413. The first kappa shape index (κ1) is 11.7. The molecule has 0 saturated carbocycles. The molecule has 0 amide bonds. The Hall–Kier alpha value is -1.40. The highest BCUT2D eigenvalue weighted by atomic mass is 79.9. The van der Waals surface area contributed by atoms with Crippen molar-refractivity contribution in [1.29, 1.82) is 0 Å². The maximum Gasteiger partial charge on any atom is 0.207 e. The van der Waals surface area contributed by atoms with Crippen LogP contribution in [0.3, 0.4) is 0 Å². The minimum Gasteiger partial charge on any atom is -0.369 e. The number of nitrogens with two attached hydrogens (primary N) is 1. The summed E-state index contributed by atoms with van der Waals surface area (Å²) < 4.78 is 3.67. The van der Waals surface area contributed by atoms with Gasteiger partial charge < -0.3 is 5.73 Å². The number of fused-ring (bicyclic) bond motifs is 1. The first-order valence-electron chi connectivity index (χ1n) is 5.22. The number of halogens is 2. The van der Waals surface area contributed by atoms with Crippen molar-refractivity contribution in [2.75, 3.05) is 5.73 Å². The van der Waals surface area contributed by atoms with Crippen LogP contribution in [0.5, 0.6) is 0 Å². The van der Waals surface area contributed by atoms with Crippen molar-refractivity contribution in [3.05, 3.63) is 45.5 Å². The molecule has 6 heteroatoms. The summed E-state index contributed by atoms with van der Waals surface area (Å²) in [4.78, 5) is 8.65. The molecule has 4 nitrogen and oxygen atoms in total. The molecule has 0 radical (unpaired) electrons. The average Bonchev–Trinajstić information content (AvgIpc) is 2.66. The molecule has 0 unspecified atom stereocenters. The molecule has 0 saturated heterocycles. The van der Waals surface area contributed by atoms with Gasteiger partial charge >= 0.3 is 0 Å². The largest absolute Gasteiger partial charge is 0.369 e. The number of nitrogens with zero attached hydrogens (tertiary/aromatic N) is 3. The van der Waals surface area contributed by atoms with Gasteiger partial charge in [0.15, 0.2) is 5.65 Å². The van der Waals surface area contributed by atoms with Gasteiger partial charge in [-0.05, 0) is 56.1 Å². The summed E-state index contributed by atoms with van der Waals surface area (Å²) in [7, 11) is 0. The lowest BCUT2D eigenvalue weighted by atomic mass is 10.3. The van der Waals surface area contributed by atoms with E-state index in [2.05, 4.69) is 41.8 Å². The molecule has 2 N–H and O–H groups in total. The van der Waals surface area contributed by atoms with Crippen molar-refractivity contribution in [1.82, 2.24) is 14.5 Å². The van der Waals surface area contributed by atoms with Crippen LogP contribution in [0.1, 0.15) is 0 Å². The molecule has 3 rings (SSSR count). The van der Waals surface area contributed by atoms with E-state index in [4.69, 9.17) is 5.73 Å². The first-order chi connectivity index (χ1) is 8.68. The molecule has 0 atom stereocenters. The van der Waals surface area contributed by atoms with E-state index in [1.165, 1.54) is 0 Å². The number of pyridine rings is 1. The highest BCUT2D eigenvalue weighted by Crippen LogP contribution is 2.32. The Kier molecular flexibility index (Phi) is 2.83. The van der Waals surface area contributed by atoms with Crippen LogP contribution in [0.15, 0.2) is 45.5 Å². The minimum absolute atomic E-state index is 0.413. The standard InChI is InChI=1S/C12H8Br2N4/c13-7-3-1-4-8(14)10(7)18-11-9(17-12(18)15)5-2-6-16-11/h1-6H,(H2,15,17). The molecule has 0 aliphatic heterocycles. The maximum atomic E-state index is 5.99. The fourth-order valence-corrected chi connectivity index (χ4v) is 3.21. The van der Waals surface area contributed by atoms with Crippen LogP contribution < -0.4 is 5.73 Å². The van der Waals surface area contributed by atoms with Crippen molar-refractivity contribution < 1.29 is 0 Å². The van der Waals surface area contributed by atoms with Crippen molar-refractivity contribution in [3.63, 3.8) is 0 Å². The van der Waals surface area contributed by atoms with E-state index in [1.807, 2.05) is 34.9 Å². The molecule has 0 fully saturated rings. The minimum atomic E-state index is 0.413. The zero-order valence-electron chi connectivity index (χ0n) is 9.14. The zero-order chi connectivity index (χ0) is 12.7. The summed E-state index contributed by atoms with van der Waals surface area (Å²) in [6, 6.07) is 9.58. The smallest absolute Gasteiger partial charge is 0.207 e.